The first-order chi connectivity index (χ1) is 14.7. The van der Waals surface area contributed by atoms with Crippen LogP contribution in [0.1, 0.15) is 16.7 Å². The van der Waals surface area contributed by atoms with Gasteiger partial charge in [0, 0.05) is 22.4 Å². The predicted octanol–water partition coefficient (Wildman–Crippen LogP) is 5.11. The Balaban J connectivity index is 1.92. The summed E-state index contributed by atoms with van der Waals surface area (Å²) in [5.74, 6) is -0.254. The Morgan fingerprint density at radius 1 is 0.567 bits per heavy atom. The van der Waals surface area contributed by atoms with Gasteiger partial charge in [0.15, 0.2) is 0 Å². The molecular formula is C26H19NO3. The Morgan fingerprint density at radius 3 is 1.60 bits per heavy atom. The van der Waals surface area contributed by atoms with Crippen molar-refractivity contribution in [3.05, 3.63) is 120 Å². The van der Waals surface area contributed by atoms with E-state index in [2.05, 4.69) is 0 Å². The molecule has 1 aliphatic heterocycles. The zero-order valence-electron chi connectivity index (χ0n) is 16.1. The van der Waals surface area contributed by atoms with E-state index in [9.17, 15) is 15.0 Å². The summed E-state index contributed by atoms with van der Waals surface area (Å²) in [7, 11) is 0. The number of amides is 1. The first-order valence-corrected chi connectivity index (χ1v) is 9.71. The molecule has 4 aromatic rings. The monoisotopic (exact) mass is 393 g/mol. The summed E-state index contributed by atoms with van der Waals surface area (Å²) in [6.45, 7) is 0. The van der Waals surface area contributed by atoms with E-state index >= 15 is 0 Å². The van der Waals surface area contributed by atoms with Crippen LogP contribution in [0.4, 0.5) is 11.4 Å². The van der Waals surface area contributed by atoms with Gasteiger partial charge in [0.2, 0.25) is 0 Å². The molecule has 0 saturated carbocycles. The zero-order chi connectivity index (χ0) is 20.7. The van der Waals surface area contributed by atoms with Crippen molar-refractivity contribution in [1.82, 2.24) is 0 Å². The van der Waals surface area contributed by atoms with Crippen molar-refractivity contribution in [3.8, 4) is 11.5 Å². The number of rotatable bonds is 3. The van der Waals surface area contributed by atoms with Gasteiger partial charge in [0.25, 0.3) is 5.91 Å². The third kappa shape index (κ3) is 2.37. The Labute approximate surface area is 174 Å². The van der Waals surface area contributed by atoms with Gasteiger partial charge in [0.05, 0.1) is 5.69 Å². The highest BCUT2D eigenvalue weighted by atomic mass is 16.3. The van der Waals surface area contributed by atoms with Crippen LogP contribution < -0.4 is 4.90 Å². The molecule has 0 spiro atoms. The van der Waals surface area contributed by atoms with Gasteiger partial charge in [-0.15, -0.1) is 0 Å². The number of carbonyl (C=O) groups is 1. The first-order valence-electron chi connectivity index (χ1n) is 9.71. The third-order valence-electron chi connectivity index (χ3n) is 5.70. The number of nitrogens with zero attached hydrogens (tertiary/aromatic N) is 1. The molecule has 0 fully saturated rings. The lowest BCUT2D eigenvalue weighted by molar-refractivity contribution is -0.120. The molecule has 2 N–H and O–H groups in total. The molecule has 0 radical (unpaired) electrons. The molecule has 30 heavy (non-hydrogen) atoms. The maximum absolute atomic E-state index is 14.3. The molecule has 4 nitrogen and oxygen atoms in total. The topological polar surface area (TPSA) is 60.8 Å². The van der Waals surface area contributed by atoms with Crippen LogP contribution in [0.3, 0.4) is 0 Å². The Morgan fingerprint density at radius 2 is 1.03 bits per heavy atom. The molecule has 1 amide bonds. The quantitative estimate of drug-likeness (QED) is 0.508. The van der Waals surface area contributed by atoms with Crippen LogP contribution in [0.25, 0.3) is 0 Å². The fourth-order valence-electron chi connectivity index (χ4n) is 4.46. The van der Waals surface area contributed by atoms with E-state index in [0.29, 0.717) is 16.7 Å². The number of aromatic hydroxyl groups is 2. The number of phenols is 2. The largest absolute Gasteiger partial charge is 0.508 e. The average Bonchev–Trinajstić information content (AvgIpc) is 3.04. The van der Waals surface area contributed by atoms with E-state index in [1.165, 1.54) is 0 Å². The Hall–Kier alpha value is -4.05. The van der Waals surface area contributed by atoms with Crippen LogP contribution in [0.5, 0.6) is 11.5 Å². The summed E-state index contributed by atoms with van der Waals surface area (Å²) in [4.78, 5) is 16.0. The van der Waals surface area contributed by atoms with Gasteiger partial charge in [0.1, 0.15) is 16.9 Å². The van der Waals surface area contributed by atoms with Crippen molar-refractivity contribution < 1.29 is 15.0 Å². The molecule has 0 aliphatic carbocycles. The fraction of sp³-hybridized carbons (Fsp3) is 0.0385. The Bertz CT molecular complexity index is 1200. The van der Waals surface area contributed by atoms with Crippen molar-refractivity contribution in [2.75, 3.05) is 4.90 Å². The minimum atomic E-state index is -1.39. The Kier molecular flexibility index (Phi) is 4.07. The van der Waals surface area contributed by atoms with Gasteiger partial charge in [-0.1, -0.05) is 72.8 Å². The molecule has 1 heterocycles. The predicted molar refractivity (Wildman–Crippen MR) is 116 cm³/mol. The SMILES string of the molecule is O=C1N(c2ccccc2)c2ccccc2C1(c1ccccc1O)c1ccccc1O. The smallest absolute Gasteiger partial charge is 0.251 e. The van der Waals surface area contributed by atoms with E-state index in [1.807, 2.05) is 54.6 Å². The van der Waals surface area contributed by atoms with Crippen LogP contribution in [-0.4, -0.2) is 16.1 Å². The second-order valence-corrected chi connectivity index (χ2v) is 7.28. The van der Waals surface area contributed by atoms with Crippen LogP contribution in [0, 0.1) is 0 Å². The summed E-state index contributed by atoms with van der Waals surface area (Å²) in [6, 6.07) is 30.6. The molecular weight excluding hydrogens is 374 g/mol. The number of hydrogen-bond acceptors (Lipinski definition) is 3. The maximum Gasteiger partial charge on any atom is 0.251 e. The standard InChI is InChI=1S/C26H19NO3/c28-23-16-8-5-13-20(23)26(21-14-6-9-17-24(21)29)19-12-4-7-15-22(19)27(25(26)30)18-10-2-1-3-11-18/h1-17,28-29H. The van der Waals surface area contributed by atoms with E-state index in [0.717, 1.165) is 11.4 Å². The third-order valence-corrected chi connectivity index (χ3v) is 5.70. The number of anilines is 2. The lowest BCUT2D eigenvalue weighted by Crippen LogP contribution is -2.40. The van der Waals surface area contributed by atoms with Crippen LogP contribution in [0.15, 0.2) is 103 Å². The highest BCUT2D eigenvalue weighted by Crippen LogP contribution is 2.55. The highest BCUT2D eigenvalue weighted by Gasteiger charge is 2.55. The number of para-hydroxylation sites is 4. The maximum atomic E-state index is 14.3. The molecule has 0 saturated heterocycles. The normalized spacial score (nSPS) is 14.5. The molecule has 0 bridgehead atoms. The molecule has 4 aromatic carbocycles. The molecule has 5 rings (SSSR count). The fourth-order valence-corrected chi connectivity index (χ4v) is 4.46. The van der Waals surface area contributed by atoms with E-state index in [1.54, 1.807) is 53.4 Å². The first kappa shape index (κ1) is 18.0. The van der Waals surface area contributed by atoms with E-state index in [-0.39, 0.29) is 17.4 Å². The number of fused-ring (bicyclic) bond motifs is 1. The lowest BCUT2D eigenvalue weighted by Gasteiger charge is -2.31. The van der Waals surface area contributed by atoms with Gasteiger partial charge in [-0.3, -0.25) is 9.69 Å². The lowest BCUT2D eigenvalue weighted by atomic mass is 9.69. The summed E-state index contributed by atoms with van der Waals surface area (Å²) in [5, 5.41) is 21.7. The van der Waals surface area contributed by atoms with Crippen molar-refractivity contribution in [3.63, 3.8) is 0 Å². The summed E-state index contributed by atoms with van der Waals surface area (Å²) < 4.78 is 0. The summed E-state index contributed by atoms with van der Waals surface area (Å²) in [5.41, 5.74) is 1.64. The minimum absolute atomic E-state index is 0.00109. The van der Waals surface area contributed by atoms with Crippen LogP contribution >= 0.6 is 0 Å². The summed E-state index contributed by atoms with van der Waals surface area (Å²) >= 11 is 0. The molecule has 0 atom stereocenters. The second kappa shape index (κ2) is 6.78. The molecule has 0 aromatic heterocycles. The number of hydrogen-bond donors (Lipinski definition) is 2. The number of benzene rings is 4. The van der Waals surface area contributed by atoms with Crippen LogP contribution in [0.2, 0.25) is 0 Å². The van der Waals surface area contributed by atoms with Gasteiger partial charge >= 0.3 is 0 Å². The van der Waals surface area contributed by atoms with Crippen molar-refractivity contribution in [2.45, 2.75) is 5.41 Å². The van der Waals surface area contributed by atoms with Gasteiger partial charge in [-0.05, 0) is 30.3 Å². The van der Waals surface area contributed by atoms with Gasteiger partial charge < -0.3 is 10.2 Å². The van der Waals surface area contributed by atoms with Gasteiger partial charge in [-0.2, -0.15) is 0 Å². The number of carbonyl (C=O) groups excluding carboxylic acids is 1. The highest BCUT2D eigenvalue weighted by molar-refractivity contribution is 6.17. The van der Waals surface area contributed by atoms with Gasteiger partial charge in [-0.25, -0.2) is 0 Å². The second-order valence-electron chi connectivity index (χ2n) is 7.28. The van der Waals surface area contributed by atoms with E-state index in [4.69, 9.17) is 0 Å². The van der Waals surface area contributed by atoms with Crippen molar-refractivity contribution >= 4 is 17.3 Å². The molecule has 146 valence electrons. The average molecular weight is 393 g/mol. The van der Waals surface area contributed by atoms with Crippen molar-refractivity contribution in [1.29, 1.82) is 0 Å². The summed E-state index contributed by atoms with van der Waals surface area (Å²) in [6.07, 6.45) is 0. The number of phenolic OH excluding ortho intramolecular Hbond substituents is 2. The van der Waals surface area contributed by atoms with Crippen molar-refractivity contribution in [2.24, 2.45) is 0 Å². The molecule has 1 aliphatic rings. The molecule has 0 unspecified atom stereocenters. The minimum Gasteiger partial charge on any atom is -0.508 e. The zero-order valence-corrected chi connectivity index (χ0v) is 16.1. The van der Waals surface area contributed by atoms with E-state index < -0.39 is 5.41 Å². The van der Waals surface area contributed by atoms with Crippen LogP contribution in [-0.2, 0) is 10.2 Å². The molecule has 4 heteroatoms.